The van der Waals surface area contributed by atoms with E-state index >= 15 is 0 Å². The Hall–Kier alpha value is -2.83. The van der Waals surface area contributed by atoms with Crippen molar-refractivity contribution in [3.8, 4) is 5.75 Å². The van der Waals surface area contributed by atoms with Crippen LogP contribution in [0.5, 0.6) is 5.75 Å². The summed E-state index contributed by atoms with van der Waals surface area (Å²) in [6.45, 7) is 7.73. The molecule has 3 aromatic carbocycles. The molecule has 0 aromatic heterocycles. The summed E-state index contributed by atoms with van der Waals surface area (Å²) in [4.78, 5) is 13.1. The predicted molar refractivity (Wildman–Crippen MR) is 133 cm³/mol. The maximum atomic E-state index is 13.0. The van der Waals surface area contributed by atoms with Crippen LogP contribution in [0.15, 0.2) is 71.6 Å². The molecule has 33 heavy (non-hydrogen) atoms. The molecule has 5 nitrogen and oxygen atoms in total. The number of sulfonamides is 1. The molecular weight excluding hydrogens is 458 g/mol. The molecule has 0 heterocycles. The number of hydrogen-bond donors (Lipinski definition) is 0. The van der Waals surface area contributed by atoms with E-state index in [-0.39, 0.29) is 16.8 Å². The Labute approximate surface area is 201 Å². The second kappa shape index (κ2) is 9.98. The van der Waals surface area contributed by atoms with E-state index in [9.17, 15) is 13.2 Å². The Morgan fingerprint density at radius 1 is 0.909 bits per heavy atom. The fourth-order valence-electron chi connectivity index (χ4n) is 3.54. The number of anilines is 1. The number of hydrogen-bond acceptors (Lipinski definition) is 4. The van der Waals surface area contributed by atoms with Gasteiger partial charge in [0.15, 0.2) is 0 Å². The Balaban J connectivity index is 1.78. The number of nitrogens with zero attached hydrogens (tertiary/aromatic N) is 1. The van der Waals surface area contributed by atoms with Gasteiger partial charge < -0.3 is 4.74 Å². The van der Waals surface area contributed by atoms with Gasteiger partial charge in [-0.3, -0.25) is 9.10 Å². The van der Waals surface area contributed by atoms with E-state index in [4.69, 9.17) is 16.3 Å². The van der Waals surface area contributed by atoms with Crippen LogP contribution in [-0.4, -0.2) is 21.4 Å². The molecule has 0 saturated carbocycles. The van der Waals surface area contributed by atoms with Gasteiger partial charge in [0.25, 0.3) is 10.0 Å². The summed E-state index contributed by atoms with van der Waals surface area (Å²) in [6.07, 6.45) is 0. The number of rotatable bonds is 7. The van der Waals surface area contributed by atoms with Crippen molar-refractivity contribution in [1.29, 1.82) is 0 Å². The van der Waals surface area contributed by atoms with Crippen LogP contribution >= 0.6 is 11.6 Å². The second-order valence-electron chi connectivity index (χ2n) is 8.41. The predicted octanol–water partition coefficient (Wildman–Crippen LogP) is 6.13. The molecule has 3 rings (SSSR count). The first-order valence-electron chi connectivity index (χ1n) is 10.6. The highest BCUT2D eigenvalue weighted by Gasteiger charge is 2.27. The van der Waals surface area contributed by atoms with Crippen molar-refractivity contribution in [3.63, 3.8) is 0 Å². The summed E-state index contributed by atoms with van der Waals surface area (Å²) >= 11 is 5.97. The van der Waals surface area contributed by atoms with Crippen molar-refractivity contribution in [3.05, 3.63) is 88.4 Å². The average Bonchev–Trinajstić information content (AvgIpc) is 2.77. The van der Waals surface area contributed by atoms with Gasteiger partial charge in [-0.25, -0.2) is 8.42 Å². The molecule has 0 radical (unpaired) electrons. The number of aryl methyl sites for hydroxylation is 2. The minimum atomic E-state index is -3.72. The lowest BCUT2D eigenvalue weighted by Crippen LogP contribution is -2.26. The van der Waals surface area contributed by atoms with Gasteiger partial charge in [-0.15, -0.1) is 0 Å². The SMILES string of the molecule is Cc1ccc(S(=O)(=O)N(C)c2ccc(OC(=O)[C@H](c3ccc(Cl)cc3)C(C)C)cc2)cc1C. The molecule has 0 spiro atoms. The summed E-state index contributed by atoms with van der Waals surface area (Å²) < 4.78 is 32.9. The molecule has 0 amide bonds. The Morgan fingerprint density at radius 3 is 2.06 bits per heavy atom. The van der Waals surface area contributed by atoms with E-state index in [0.29, 0.717) is 16.5 Å². The number of carbonyl (C=O) groups excluding carboxylic acids is 1. The van der Waals surface area contributed by atoms with Crippen LogP contribution in [0.25, 0.3) is 0 Å². The lowest BCUT2D eigenvalue weighted by Gasteiger charge is -2.21. The molecule has 0 saturated heterocycles. The summed E-state index contributed by atoms with van der Waals surface area (Å²) in [7, 11) is -2.22. The fraction of sp³-hybridized carbons (Fsp3) is 0.269. The van der Waals surface area contributed by atoms with E-state index in [2.05, 4.69) is 0 Å². The third-order valence-electron chi connectivity index (χ3n) is 5.71. The van der Waals surface area contributed by atoms with Gasteiger partial charge in [-0.05, 0) is 85.0 Å². The van der Waals surface area contributed by atoms with Gasteiger partial charge in [0.1, 0.15) is 5.75 Å². The molecule has 3 aromatic rings. The van der Waals surface area contributed by atoms with Crippen LogP contribution in [0, 0.1) is 19.8 Å². The average molecular weight is 486 g/mol. The molecule has 1 atom stereocenters. The maximum Gasteiger partial charge on any atom is 0.319 e. The third-order valence-corrected chi connectivity index (χ3v) is 7.74. The molecule has 7 heteroatoms. The molecule has 0 bridgehead atoms. The smallest absolute Gasteiger partial charge is 0.319 e. The molecule has 0 aliphatic carbocycles. The highest BCUT2D eigenvalue weighted by molar-refractivity contribution is 7.92. The Bertz CT molecular complexity index is 1240. The van der Waals surface area contributed by atoms with Gasteiger partial charge in [0.2, 0.25) is 0 Å². The minimum Gasteiger partial charge on any atom is -0.426 e. The maximum absolute atomic E-state index is 13.0. The van der Waals surface area contributed by atoms with Crippen LogP contribution in [-0.2, 0) is 14.8 Å². The second-order valence-corrected chi connectivity index (χ2v) is 10.8. The van der Waals surface area contributed by atoms with Crippen LogP contribution in [0.3, 0.4) is 0 Å². The normalized spacial score (nSPS) is 12.5. The van der Waals surface area contributed by atoms with Crippen molar-refractivity contribution in [2.24, 2.45) is 5.92 Å². The zero-order valence-electron chi connectivity index (χ0n) is 19.4. The first-order valence-corrected chi connectivity index (χ1v) is 12.5. The highest BCUT2D eigenvalue weighted by atomic mass is 35.5. The summed E-state index contributed by atoms with van der Waals surface area (Å²) in [5, 5.41) is 0.602. The highest BCUT2D eigenvalue weighted by Crippen LogP contribution is 2.30. The number of benzene rings is 3. The lowest BCUT2D eigenvalue weighted by molar-refractivity contribution is -0.137. The van der Waals surface area contributed by atoms with Gasteiger partial charge >= 0.3 is 5.97 Å². The molecule has 0 aliphatic rings. The van der Waals surface area contributed by atoms with Gasteiger partial charge in [-0.1, -0.05) is 43.6 Å². The minimum absolute atomic E-state index is 0.0205. The number of ether oxygens (including phenoxy) is 1. The molecule has 0 unspecified atom stereocenters. The van der Waals surface area contributed by atoms with E-state index in [1.54, 1.807) is 54.6 Å². The monoisotopic (exact) mass is 485 g/mol. The van der Waals surface area contributed by atoms with Crippen LogP contribution in [0.4, 0.5) is 5.69 Å². The Kier molecular flexibility index (Phi) is 7.50. The van der Waals surface area contributed by atoms with Gasteiger partial charge in [0, 0.05) is 12.1 Å². The van der Waals surface area contributed by atoms with Crippen LogP contribution < -0.4 is 9.04 Å². The molecule has 174 valence electrons. The van der Waals surface area contributed by atoms with Crippen LogP contribution in [0.2, 0.25) is 5.02 Å². The third kappa shape index (κ3) is 5.57. The lowest BCUT2D eigenvalue weighted by atomic mass is 9.88. The topological polar surface area (TPSA) is 63.7 Å². The summed E-state index contributed by atoms with van der Waals surface area (Å²) in [5.74, 6) is -0.460. The quantitative estimate of drug-likeness (QED) is 0.298. The van der Waals surface area contributed by atoms with E-state index in [0.717, 1.165) is 16.7 Å². The number of halogens is 1. The van der Waals surface area contributed by atoms with E-state index in [1.807, 2.05) is 39.8 Å². The van der Waals surface area contributed by atoms with E-state index < -0.39 is 15.9 Å². The first-order chi connectivity index (χ1) is 15.5. The summed E-state index contributed by atoms with van der Waals surface area (Å²) in [5.41, 5.74) is 3.23. The zero-order chi connectivity index (χ0) is 24.3. The molecule has 0 fully saturated rings. The molecule has 0 N–H and O–H groups in total. The first kappa shape index (κ1) is 24.8. The van der Waals surface area contributed by atoms with Gasteiger partial charge in [0.05, 0.1) is 16.5 Å². The number of esters is 1. The van der Waals surface area contributed by atoms with Gasteiger partial charge in [-0.2, -0.15) is 0 Å². The van der Waals surface area contributed by atoms with Crippen molar-refractivity contribution < 1.29 is 17.9 Å². The summed E-state index contributed by atoms with van der Waals surface area (Å²) in [6, 6.07) is 18.6. The van der Waals surface area contributed by atoms with Crippen molar-refractivity contribution in [2.45, 2.75) is 38.5 Å². The fourth-order valence-corrected chi connectivity index (χ4v) is 4.95. The standard InChI is InChI=1S/C26H28ClNO4S/c1-17(2)25(20-7-9-21(27)10-8-20)26(29)32-23-13-11-22(12-14-23)28(5)33(30,31)24-15-6-18(3)19(4)16-24/h6-17,25H,1-5H3/t25-/m0/s1. The molecular formula is C26H28ClNO4S. The Morgan fingerprint density at radius 2 is 1.52 bits per heavy atom. The van der Waals surface area contributed by atoms with Crippen LogP contribution in [0.1, 0.15) is 36.5 Å². The molecule has 0 aliphatic heterocycles. The van der Waals surface area contributed by atoms with Crippen molar-refractivity contribution in [1.82, 2.24) is 0 Å². The van der Waals surface area contributed by atoms with E-state index in [1.165, 1.54) is 11.4 Å². The number of carbonyl (C=O) groups is 1. The van der Waals surface area contributed by atoms with Crippen molar-refractivity contribution >= 4 is 33.3 Å². The van der Waals surface area contributed by atoms with Crippen molar-refractivity contribution in [2.75, 3.05) is 11.4 Å². The zero-order valence-corrected chi connectivity index (χ0v) is 20.9. The largest absolute Gasteiger partial charge is 0.426 e.